The first-order valence-electron chi connectivity index (χ1n) is 6.58. The number of halogens is 3. The summed E-state index contributed by atoms with van der Waals surface area (Å²) in [6, 6.07) is 6.04. The molecule has 1 aromatic carbocycles. The molecule has 1 N–H and O–H groups in total. The molecule has 1 heterocycles. The second kappa shape index (κ2) is 5.82. The van der Waals surface area contributed by atoms with Crippen LogP contribution in [0.1, 0.15) is 37.4 Å². The van der Waals surface area contributed by atoms with Crippen molar-refractivity contribution >= 4 is 5.69 Å². The van der Waals surface area contributed by atoms with Crippen molar-refractivity contribution in [2.24, 2.45) is 0 Å². The van der Waals surface area contributed by atoms with Gasteiger partial charge in [-0.3, -0.25) is 0 Å². The Kier molecular flexibility index (Phi) is 4.34. The second-order valence-corrected chi connectivity index (χ2v) is 4.94. The highest BCUT2D eigenvalue weighted by atomic mass is 19.4. The van der Waals surface area contributed by atoms with Crippen molar-refractivity contribution in [3.05, 3.63) is 29.8 Å². The summed E-state index contributed by atoms with van der Waals surface area (Å²) >= 11 is 0. The minimum absolute atomic E-state index is 0.105. The van der Waals surface area contributed by atoms with Crippen LogP contribution >= 0.6 is 0 Å². The molecule has 0 saturated carbocycles. The largest absolute Gasteiger partial charge is 0.418 e. The second-order valence-electron chi connectivity index (χ2n) is 4.94. The summed E-state index contributed by atoms with van der Waals surface area (Å²) in [6.07, 6.45) is -2.35. The van der Waals surface area contributed by atoms with E-state index in [1.807, 2.05) is 0 Å². The van der Waals surface area contributed by atoms with Crippen molar-refractivity contribution in [2.75, 3.05) is 18.0 Å². The van der Waals surface area contributed by atoms with E-state index in [0.29, 0.717) is 0 Å². The van der Waals surface area contributed by atoms with Gasteiger partial charge >= 0.3 is 6.18 Å². The molecular formula is C14H18F3NO. The van der Waals surface area contributed by atoms with Crippen LogP contribution in [0.25, 0.3) is 0 Å². The zero-order valence-corrected chi connectivity index (χ0v) is 10.7. The molecule has 0 aliphatic carbocycles. The maximum atomic E-state index is 12.4. The number of hydrogen-bond acceptors (Lipinski definition) is 2. The molecule has 1 fully saturated rings. The van der Waals surface area contributed by atoms with E-state index >= 15 is 0 Å². The van der Waals surface area contributed by atoms with Crippen LogP contribution < -0.4 is 4.90 Å². The summed E-state index contributed by atoms with van der Waals surface area (Å²) in [5.74, 6) is 0. The molecule has 1 aromatic rings. The minimum atomic E-state index is -4.61. The molecule has 1 aliphatic rings. The highest BCUT2D eigenvalue weighted by molar-refractivity contribution is 5.48. The zero-order valence-electron chi connectivity index (χ0n) is 10.7. The average molecular weight is 273 g/mol. The van der Waals surface area contributed by atoms with Gasteiger partial charge in [0.05, 0.1) is 0 Å². The standard InChI is InChI=1S/C14H18F3NO/c15-14(16,17)13(19)11-5-7-12(8-6-11)18-9-3-1-2-4-10-18/h5-8,13,19H,1-4,9-10H2. The minimum Gasteiger partial charge on any atom is -0.379 e. The first-order valence-corrected chi connectivity index (χ1v) is 6.58. The summed E-state index contributed by atoms with van der Waals surface area (Å²) in [6.45, 7) is 1.89. The topological polar surface area (TPSA) is 23.5 Å². The van der Waals surface area contributed by atoms with Crippen LogP contribution in [-0.4, -0.2) is 24.4 Å². The Morgan fingerprint density at radius 1 is 0.947 bits per heavy atom. The maximum absolute atomic E-state index is 12.4. The highest BCUT2D eigenvalue weighted by Gasteiger charge is 2.39. The van der Waals surface area contributed by atoms with Crippen molar-refractivity contribution in [1.29, 1.82) is 0 Å². The molecule has 0 aromatic heterocycles. The summed E-state index contributed by atoms with van der Waals surface area (Å²) in [5.41, 5.74) is 0.825. The molecule has 5 heteroatoms. The van der Waals surface area contributed by atoms with E-state index in [4.69, 9.17) is 5.11 Å². The normalized spacial score (nSPS) is 19.1. The van der Waals surface area contributed by atoms with Gasteiger partial charge in [-0.2, -0.15) is 13.2 Å². The van der Waals surface area contributed by atoms with Crippen molar-refractivity contribution in [1.82, 2.24) is 0 Å². The molecule has 1 atom stereocenters. The Balaban J connectivity index is 2.09. The van der Waals surface area contributed by atoms with Gasteiger partial charge in [0.25, 0.3) is 0 Å². The average Bonchev–Trinajstić information content (AvgIpc) is 2.66. The highest BCUT2D eigenvalue weighted by Crippen LogP contribution is 2.33. The third-order valence-electron chi connectivity index (χ3n) is 3.49. The fourth-order valence-corrected chi connectivity index (χ4v) is 2.39. The van der Waals surface area contributed by atoms with Crippen molar-refractivity contribution in [3.63, 3.8) is 0 Å². The lowest BCUT2D eigenvalue weighted by Crippen LogP contribution is -2.24. The summed E-state index contributed by atoms with van der Waals surface area (Å²) in [4.78, 5) is 2.19. The Labute approximate surface area is 110 Å². The fraction of sp³-hybridized carbons (Fsp3) is 0.571. The van der Waals surface area contributed by atoms with Crippen LogP contribution in [0.2, 0.25) is 0 Å². The molecule has 1 unspecified atom stereocenters. The SMILES string of the molecule is OC(c1ccc(N2CCCCCC2)cc1)C(F)(F)F. The number of alkyl halides is 3. The van der Waals surface area contributed by atoms with Gasteiger partial charge in [-0.05, 0) is 30.5 Å². The number of hydrogen-bond donors (Lipinski definition) is 1. The maximum Gasteiger partial charge on any atom is 0.418 e. The van der Waals surface area contributed by atoms with Gasteiger partial charge in [-0.25, -0.2) is 0 Å². The summed E-state index contributed by atoms with van der Waals surface area (Å²) in [5, 5.41) is 9.16. The number of rotatable bonds is 2. The van der Waals surface area contributed by atoms with Crippen LogP contribution in [0.3, 0.4) is 0 Å². The van der Waals surface area contributed by atoms with Crippen LogP contribution in [0, 0.1) is 0 Å². The molecule has 0 bridgehead atoms. The van der Waals surface area contributed by atoms with Crippen LogP contribution in [0.15, 0.2) is 24.3 Å². The molecule has 1 aliphatic heterocycles. The van der Waals surface area contributed by atoms with Gasteiger partial charge in [0, 0.05) is 18.8 Å². The van der Waals surface area contributed by atoms with Gasteiger partial charge in [0.1, 0.15) is 0 Å². The molecule has 0 amide bonds. The number of aliphatic hydroxyl groups is 1. The van der Waals surface area contributed by atoms with Gasteiger partial charge < -0.3 is 10.0 Å². The summed E-state index contributed by atoms with van der Waals surface area (Å²) < 4.78 is 37.2. The van der Waals surface area contributed by atoms with Gasteiger partial charge in [-0.1, -0.05) is 25.0 Å². The van der Waals surface area contributed by atoms with E-state index in [0.717, 1.165) is 31.6 Å². The molecule has 106 valence electrons. The van der Waals surface area contributed by atoms with E-state index in [1.54, 1.807) is 12.1 Å². The lowest BCUT2D eigenvalue weighted by molar-refractivity contribution is -0.206. The predicted octanol–water partition coefficient (Wildman–Crippen LogP) is 3.66. The Morgan fingerprint density at radius 3 is 1.95 bits per heavy atom. The molecule has 0 spiro atoms. The molecule has 19 heavy (non-hydrogen) atoms. The number of benzene rings is 1. The number of nitrogens with zero attached hydrogens (tertiary/aromatic N) is 1. The van der Waals surface area contributed by atoms with E-state index in [2.05, 4.69) is 4.90 Å². The van der Waals surface area contributed by atoms with Gasteiger partial charge in [0.2, 0.25) is 0 Å². The first kappa shape index (κ1) is 14.2. The van der Waals surface area contributed by atoms with Gasteiger partial charge in [0.15, 0.2) is 6.10 Å². The number of aliphatic hydroxyl groups excluding tert-OH is 1. The van der Waals surface area contributed by atoms with Crippen molar-refractivity contribution in [3.8, 4) is 0 Å². The Morgan fingerprint density at radius 2 is 1.47 bits per heavy atom. The fourth-order valence-electron chi connectivity index (χ4n) is 2.39. The smallest absolute Gasteiger partial charge is 0.379 e. The van der Waals surface area contributed by atoms with Crippen molar-refractivity contribution < 1.29 is 18.3 Å². The third kappa shape index (κ3) is 3.62. The molecule has 1 saturated heterocycles. The van der Waals surface area contributed by atoms with E-state index in [9.17, 15) is 13.2 Å². The van der Waals surface area contributed by atoms with E-state index < -0.39 is 12.3 Å². The van der Waals surface area contributed by atoms with Crippen molar-refractivity contribution in [2.45, 2.75) is 38.0 Å². The predicted molar refractivity (Wildman–Crippen MR) is 68.1 cm³/mol. The van der Waals surface area contributed by atoms with E-state index in [1.165, 1.54) is 25.0 Å². The molecular weight excluding hydrogens is 255 g/mol. The third-order valence-corrected chi connectivity index (χ3v) is 3.49. The first-order chi connectivity index (χ1) is 8.98. The lowest BCUT2D eigenvalue weighted by atomic mass is 10.1. The monoisotopic (exact) mass is 273 g/mol. The molecule has 0 radical (unpaired) electrons. The quantitative estimate of drug-likeness (QED) is 0.888. The molecule has 2 nitrogen and oxygen atoms in total. The Hall–Kier alpha value is -1.23. The lowest BCUT2D eigenvalue weighted by Gasteiger charge is -2.23. The van der Waals surface area contributed by atoms with Crippen LogP contribution in [0.4, 0.5) is 18.9 Å². The van der Waals surface area contributed by atoms with Gasteiger partial charge in [-0.15, -0.1) is 0 Å². The van der Waals surface area contributed by atoms with Crippen LogP contribution in [-0.2, 0) is 0 Å². The van der Waals surface area contributed by atoms with Crippen LogP contribution in [0.5, 0.6) is 0 Å². The Bertz CT molecular complexity index is 394. The molecule has 2 rings (SSSR count). The van der Waals surface area contributed by atoms with E-state index in [-0.39, 0.29) is 5.56 Å². The number of anilines is 1. The zero-order chi connectivity index (χ0) is 13.9. The summed E-state index contributed by atoms with van der Waals surface area (Å²) in [7, 11) is 0.